The smallest absolute Gasteiger partial charge is 0.219 e. The number of carbonyl (C=O) groups is 1. The number of carbonyl (C=O) groups excluding carboxylic acids is 2. The van der Waals surface area contributed by atoms with Crippen molar-refractivity contribution in [1.82, 2.24) is 4.90 Å². The highest BCUT2D eigenvalue weighted by Gasteiger charge is 2.13. The number of nitrogens with two attached hydrogens (primary N) is 1. The van der Waals surface area contributed by atoms with E-state index >= 15 is 0 Å². The van der Waals surface area contributed by atoms with Crippen molar-refractivity contribution < 1.29 is 9.59 Å². The van der Waals surface area contributed by atoms with Crippen LogP contribution in [0.25, 0.3) is 0 Å². The van der Waals surface area contributed by atoms with E-state index in [-0.39, 0.29) is 6.42 Å². The Balaban J connectivity index is 3.83. The van der Waals surface area contributed by atoms with E-state index in [0.29, 0.717) is 0 Å². The highest BCUT2D eigenvalue weighted by atomic mass is 16.1. The fraction of sp³-hybridized carbons (Fsp3) is 0.667. The predicted octanol–water partition coefficient (Wildman–Crippen LogP) is -1.10. The molecular formula is C6H11N2O2. The van der Waals surface area contributed by atoms with Crippen molar-refractivity contribution in [1.29, 1.82) is 0 Å². The zero-order chi connectivity index (χ0) is 8.15. The van der Waals surface area contributed by atoms with Gasteiger partial charge in [-0.05, 0) is 14.1 Å². The summed E-state index contributed by atoms with van der Waals surface area (Å²) in [6.07, 6.45) is 1.75. The summed E-state index contributed by atoms with van der Waals surface area (Å²) in [5.41, 5.74) is 4.86. The predicted molar refractivity (Wildman–Crippen MR) is 37.0 cm³/mol. The molecule has 2 N–H and O–H groups in total. The van der Waals surface area contributed by atoms with Crippen molar-refractivity contribution in [3.63, 3.8) is 0 Å². The van der Waals surface area contributed by atoms with Crippen molar-refractivity contribution in [3.05, 3.63) is 0 Å². The molecule has 0 spiro atoms. The Hall–Kier alpha value is -0.900. The third kappa shape index (κ3) is 3.19. The highest BCUT2D eigenvalue weighted by molar-refractivity contribution is 5.78. The summed E-state index contributed by atoms with van der Waals surface area (Å²) < 4.78 is 0. The molecule has 0 rings (SSSR count). The van der Waals surface area contributed by atoms with Crippen LogP contribution in [-0.4, -0.2) is 37.2 Å². The van der Waals surface area contributed by atoms with E-state index in [4.69, 9.17) is 5.73 Å². The van der Waals surface area contributed by atoms with Crippen LogP contribution in [0.5, 0.6) is 0 Å². The molecule has 0 aromatic rings. The second-order valence-electron chi connectivity index (χ2n) is 2.27. The van der Waals surface area contributed by atoms with Gasteiger partial charge in [0.2, 0.25) is 12.2 Å². The number of hydrogen-bond acceptors (Lipinski definition) is 3. The van der Waals surface area contributed by atoms with Gasteiger partial charge in [-0.1, -0.05) is 0 Å². The summed E-state index contributed by atoms with van der Waals surface area (Å²) in [7, 11) is 3.39. The fourth-order valence-corrected chi connectivity index (χ4v) is 0.520. The van der Waals surface area contributed by atoms with E-state index in [1.165, 1.54) is 0 Å². The molecule has 1 atom stereocenters. The van der Waals surface area contributed by atoms with Gasteiger partial charge in [0, 0.05) is 6.42 Å². The maximum absolute atomic E-state index is 10.3. The number of primary amides is 1. The Kier molecular flexibility index (Phi) is 3.64. The van der Waals surface area contributed by atoms with Crippen LogP contribution in [0.2, 0.25) is 0 Å². The molecule has 4 nitrogen and oxygen atoms in total. The molecule has 10 heavy (non-hydrogen) atoms. The van der Waals surface area contributed by atoms with Gasteiger partial charge < -0.3 is 5.73 Å². The third-order valence-corrected chi connectivity index (χ3v) is 1.15. The van der Waals surface area contributed by atoms with Crippen LogP contribution in [-0.2, 0) is 9.59 Å². The van der Waals surface area contributed by atoms with Crippen LogP contribution < -0.4 is 5.73 Å². The zero-order valence-corrected chi connectivity index (χ0v) is 6.13. The van der Waals surface area contributed by atoms with Gasteiger partial charge in [0.15, 0.2) is 0 Å². The molecule has 0 unspecified atom stereocenters. The maximum Gasteiger partial charge on any atom is 0.219 e. The lowest BCUT2D eigenvalue weighted by atomic mass is 10.2. The SMILES string of the molecule is CN(C)[C@H]([C]=O)CC(N)=O. The molecule has 0 bridgehead atoms. The Morgan fingerprint density at radius 2 is 2.20 bits per heavy atom. The summed E-state index contributed by atoms with van der Waals surface area (Å²) in [4.78, 5) is 22.0. The summed E-state index contributed by atoms with van der Waals surface area (Å²) in [5.74, 6) is -0.484. The maximum atomic E-state index is 10.3. The molecule has 0 fully saturated rings. The number of hydrogen-bond donors (Lipinski definition) is 1. The van der Waals surface area contributed by atoms with Crippen LogP contribution in [0.15, 0.2) is 0 Å². The summed E-state index contributed by atoms with van der Waals surface area (Å²) in [6.45, 7) is 0. The summed E-state index contributed by atoms with van der Waals surface area (Å²) >= 11 is 0. The third-order valence-electron chi connectivity index (χ3n) is 1.15. The van der Waals surface area contributed by atoms with Gasteiger partial charge in [0.25, 0.3) is 0 Å². The quantitative estimate of drug-likeness (QED) is 0.543. The molecule has 0 aliphatic carbocycles. The van der Waals surface area contributed by atoms with Gasteiger partial charge in [0.1, 0.15) is 0 Å². The largest absolute Gasteiger partial charge is 0.370 e. The van der Waals surface area contributed by atoms with Gasteiger partial charge in [-0.25, -0.2) is 0 Å². The Labute approximate surface area is 60.0 Å². The van der Waals surface area contributed by atoms with Crippen LogP contribution >= 0.6 is 0 Å². The average molecular weight is 143 g/mol. The van der Waals surface area contributed by atoms with Crippen LogP contribution in [0, 0.1) is 0 Å². The molecular weight excluding hydrogens is 132 g/mol. The molecule has 57 valence electrons. The van der Waals surface area contributed by atoms with Crippen molar-refractivity contribution in [3.8, 4) is 0 Å². The fourth-order valence-electron chi connectivity index (χ4n) is 0.520. The van der Waals surface area contributed by atoms with E-state index in [1.807, 2.05) is 0 Å². The second kappa shape index (κ2) is 4.00. The second-order valence-corrected chi connectivity index (χ2v) is 2.27. The van der Waals surface area contributed by atoms with Crippen LogP contribution in [0.1, 0.15) is 6.42 Å². The molecule has 0 saturated heterocycles. The van der Waals surface area contributed by atoms with Crippen molar-refractivity contribution >= 4 is 12.2 Å². The number of rotatable bonds is 4. The lowest BCUT2D eigenvalue weighted by Gasteiger charge is -2.14. The highest BCUT2D eigenvalue weighted by Crippen LogP contribution is 1.93. The minimum Gasteiger partial charge on any atom is -0.370 e. The minimum absolute atomic E-state index is 0.0382. The topological polar surface area (TPSA) is 63.4 Å². The normalized spacial score (nSPS) is 13.1. The lowest BCUT2D eigenvalue weighted by Crippen LogP contribution is -2.33. The van der Waals surface area contributed by atoms with Crippen LogP contribution in [0.4, 0.5) is 0 Å². The molecule has 1 radical (unpaired) electrons. The molecule has 0 aromatic carbocycles. The standard InChI is InChI=1S/C6H11N2O2/c1-8(2)5(4-9)3-6(7)10/h5H,3H2,1-2H3,(H2,7,10)/t5-/m0/s1. The van der Waals surface area contributed by atoms with Gasteiger partial charge in [-0.15, -0.1) is 0 Å². The molecule has 0 aliphatic rings. The van der Waals surface area contributed by atoms with E-state index in [1.54, 1.807) is 25.3 Å². The van der Waals surface area contributed by atoms with E-state index < -0.39 is 11.9 Å². The minimum atomic E-state index is -0.502. The summed E-state index contributed by atoms with van der Waals surface area (Å²) in [6, 6.07) is -0.502. The van der Waals surface area contributed by atoms with Gasteiger partial charge in [-0.2, -0.15) is 0 Å². The van der Waals surface area contributed by atoms with E-state index in [9.17, 15) is 9.59 Å². The number of nitrogens with zero attached hydrogens (tertiary/aromatic N) is 1. The Morgan fingerprint density at radius 3 is 2.30 bits per heavy atom. The Morgan fingerprint density at radius 1 is 1.70 bits per heavy atom. The molecule has 0 aliphatic heterocycles. The van der Waals surface area contributed by atoms with E-state index in [2.05, 4.69) is 0 Å². The molecule has 4 heteroatoms. The first-order valence-electron chi connectivity index (χ1n) is 2.90. The molecule has 1 amide bonds. The monoisotopic (exact) mass is 143 g/mol. The molecule has 0 aromatic heterocycles. The first kappa shape index (κ1) is 9.10. The van der Waals surface area contributed by atoms with Gasteiger partial charge in [0.05, 0.1) is 6.04 Å². The number of likely N-dealkylation sites (N-methyl/N-ethyl adjacent to an activating group) is 1. The first-order valence-corrected chi connectivity index (χ1v) is 2.90. The van der Waals surface area contributed by atoms with Gasteiger partial charge in [-0.3, -0.25) is 14.5 Å². The molecule has 0 heterocycles. The Bertz CT molecular complexity index is 134. The zero-order valence-electron chi connectivity index (χ0n) is 6.13. The van der Waals surface area contributed by atoms with Crippen molar-refractivity contribution in [2.45, 2.75) is 12.5 Å². The lowest BCUT2D eigenvalue weighted by molar-refractivity contribution is -0.118. The average Bonchev–Trinajstić information content (AvgIpc) is 1.81. The van der Waals surface area contributed by atoms with Crippen molar-refractivity contribution in [2.24, 2.45) is 5.73 Å². The first-order chi connectivity index (χ1) is 4.57. The number of amides is 1. The van der Waals surface area contributed by atoms with Crippen molar-refractivity contribution in [2.75, 3.05) is 14.1 Å². The summed E-state index contributed by atoms with van der Waals surface area (Å²) in [5, 5.41) is 0. The molecule has 0 saturated carbocycles. The van der Waals surface area contributed by atoms with Crippen LogP contribution in [0.3, 0.4) is 0 Å². The van der Waals surface area contributed by atoms with Gasteiger partial charge >= 0.3 is 0 Å². The van der Waals surface area contributed by atoms with E-state index in [0.717, 1.165) is 0 Å².